The lowest BCUT2D eigenvalue weighted by Gasteiger charge is -2.29. The Labute approximate surface area is 79.6 Å². The molecular weight excluding hydrogens is 162 g/mol. The summed E-state index contributed by atoms with van der Waals surface area (Å²) >= 11 is 0. The highest BCUT2D eigenvalue weighted by Gasteiger charge is 2.25. The fourth-order valence-electron chi connectivity index (χ4n) is 1.48. The van der Waals surface area contributed by atoms with Gasteiger partial charge in [0.15, 0.2) is 0 Å². The second-order valence-electron chi connectivity index (χ2n) is 4.22. The summed E-state index contributed by atoms with van der Waals surface area (Å²) in [5.74, 6) is 0. The minimum absolute atomic E-state index is 0.158. The van der Waals surface area contributed by atoms with Crippen molar-refractivity contribution in [1.29, 1.82) is 0 Å². The zero-order valence-electron chi connectivity index (χ0n) is 8.70. The van der Waals surface area contributed by atoms with Gasteiger partial charge in [-0.25, -0.2) is 0 Å². The molecule has 0 saturated heterocycles. The molecule has 0 radical (unpaired) electrons. The van der Waals surface area contributed by atoms with Gasteiger partial charge in [-0.2, -0.15) is 0 Å². The van der Waals surface area contributed by atoms with Crippen LogP contribution >= 0.6 is 0 Å². The normalized spacial score (nSPS) is 14.2. The Bertz CT molecular complexity index is 251. The zero-order chi connectivity index (χ0) is 9.90. The minimum atomic E-state index is 0.158. The molecule has 0 aliphatic carbocycles. The van der Waals surface area contributed by atoms with Crippen LogP contribution < -0.4 is 5.32 Å². The molecule has 13 heavy (non-hydrogen) atoms. The molecular formula is C10H17N3. The first kappa shape index (κ1) is 10.1. The molecule has 1 aromatic rings. The van der Waals surface area contributed by atoms with E-state index < -0.39 is 0 Å². The van der Waals surface area contributed by atoms with Gasteiger partial charge in [-0.15, -0.1) is 0 Å². The van der Waals surface area contributed by atoms with Crippen molar-refractivity contribution in [3.63, 3.8) is 0 Å². The third-order valence-electron chi connectivity index (χ3n) is 2.03. The largest absolute Gasteiger partial charge is 0.311 e. The van der Waals surface area contributed by atoms with E-state index >= 15 is 0 Å². The molecule has 1 rings (SSSR count). The van der Waals surface area contributed by atoms with E-state index in [1.807, 2.05) is 13.2 Å². The Morgan fingerprint density at radius 3 is 2.38 bits per heavy atom. The summed E-state index contributed by atoms with van der Waals surface area (Å²) in [7, 11) is 1.95. The second kappa shape index (κ2) is 3.83. The molecule has 1 N–H and O–H groups in total. The number of aromatic nitrogens is 2. The molecule has 0 aromatic carbocycles. The average molecular weight is 179 g/mol. The fourth-order valence-corrected chi connectivity index (χ4v) is 1.48. The molecule has 3 heteroatoms. The summed E-state index contributed by atoms with van der Waals surface area (Å²) in [4.78, 5) is 8.36. The van der Waals surface area contributed by atoms with E-state index in [2.05, 4.69) is 36.1 Å². The van der Waals surface area contributed by atoms with Gasteiger partial charge in [-0.05, 0) is 12.5 Å². The molecule has 0 fully saturated rings. The third-order valence-corrected chi connectivity index (χ3v) is 2.03. The highest BCUT2D eigenvalue weighted by molar-refractivity contribution is 5.05. The fraction of sp³-hybridized carbons (Fsp3) is 0.600. The quantitative estimate of drug-likeness (QED) is 0.752. The van der Waals surface area contributed by atoms with Gasteiger partial charge in [0, 0.05) is 18.6 Å². The zero-order valence-corrected chi connectivity index (χ0v) is 8.70. The summed E-state index contributed by atoms with van der Waals surface area (Å²) in [5.41, 5.74) is 1.16. The molecule has 1 unspecified atom stereocenters. The van der Waals surface area contributed by atoms with E-state index in [-0.39, 0.29) is 11.5 Å². The number of rotatable bonds is 2. The molecule has 0 spiro atoms. The summed E-state index contributed by atoms with van der Waals surface area (Å²) in [6.45, 7) is 6.55. The van der Waals surface area contributed by atoms with Gasteiger partial charge in [-0.1, -0.05) is 20.8 Å². The maximum atomic E-state index is 4.29. The standard InChI is InChI=1S/C10H17N3/c1-10(2,3)9(11-4)8-7-12-5-6-13-8/h5-7,9,11H,1-4H3. The molecule has 0 amide bonds. The van der Waals surface area contributed by atoms with E-state index in [1.165, 1.54) is 0 Å². The Kier molecular flexibility index (Phi) is 2.98. The summed E-state index contributed by atoms with van der Waals surface area (Å²) in [6.07, 6.45) is 5.23. The Morgan fingerprint density at radius 2 is 2.00 bits per heavy atom. The van der Waals surface area contributed by atoms with Crippen LogP contribution in [-0.4, -0.2) is 17.0 Å². The Balaban J connectivity index is 2.92. The van der Waals surface area contributed by atoms with Crippen molar-refractivity contribution in [2.75, 3.05) is 7.05 Å². The highest BCUT2D eigenvalue weighted by Crippen LogP contribution is 2.30. The first-order valence-electron chi connectivity index (χ1n) is 4.49. The third kappa shape index (κ3) is 2.49. The van der Waals surface area contributed by atoms with Gasteiger partial charge >= 0.3 is 0 Å². The van der Waals surface area contributed by atoms with E-state index in [1.54, 1.807) is 12.4 Å². The molecule has 72 valence electrons. The summed E-state index contributed by atoms with van der Waals surface area (Å²) in [5, 5.41) is 3.26. The van der Waals surface area contributed by atoms with Crippen LogP contribution in [0.15, 0.2) is 18.6 Å². The predicted octanol–water partition coefficient (Wildman–Crippen LogP) is 1.78. The number of nitrogens with one attached hydrogen (secondary N) is 1. The van der Waals surface area contributed by atoms with Crippen molar-refractivity contribution in [2.24, 2.45) is 5.41 Å². The lowest BCUT2D eigenvalue weighted by Crippen LogP contribution is -2.30. The monoisotopic (exact) mass is 179 g/mol. The molecule has 1 atom stereocenters. The van der Waals surface area contributed by atoms with Crippen molar-refractivity contribution >= 4 is 0 Å². The van der Waals surface area contributed by atoms with Crippen LogP contribution in [-0.2, 0) is 0 Å². The first-order valence-corrected chi connectivity index (χ1v) is 4.49. The predicted molar refractivity (Wildman–Crippen MR) is 53.3 cm³/mol. The van der Waals surface area contributed by atoms with Crippen LogP contribution in [0.2, 0.25) is 0 Å². The smallest absolute Gasteiger partial charge is 0.0761 e. The van der Waals surface area contributed by atoms with Gasteiger partial charge in [0.25, 0.3) is 0 Å². The highest BCUT2D eigenvalue weighted by atomic mass is 14.9. The van der Waals surface area contributed by atoms with E-state index in [9.17, 15) is 0 Å². The van der Waals surface area contributed by atoms with Crippen LogP contribution in [0.3, 0.4) is 0 Å². The van der Waals surface area contributed by atoms with Gasteiger partial charge < -0.3 is 5.32 Å². The molecule has 1 heterocycles. The maximum Gasteiger partial charge on any atom is 0.0761 e. The molecule has 0 saturated carbocycles. The van der Waals surface area contributed by atoms with E-state index in [0.717, 1.165) is 5.69 Å². The molecule has 0 aliphatic rings. The number of hydrogen-bond donors (Lipinski definition) is 1. The van der Waals surface area contributed by atoms with Gasteiger partial charge in [0.1, 0.15) is 0 Å². The van der Waals surface area contributed by atoms with Crippen molar-refractivity contribution in [1.82, 2.24) is 15.3 Å². The first-order chi connectivity index (χ1) is 6.05. The van der Waals surface area contributed by atoms with Gasteiger partial charge in [0.05, 0.1) is 11.7 Å². The molecule has 1 aromatic heterocycles. The van der Waals surface area contributed by atoms with Gasteiger partial charge in [0.2, 0.25) is 0 Å². The summed E-state index contributed by atoms with van der Waals surface area (Å²) in [6, 6.07) is 0.251. The van der Waals surface area contributed by atoms with Crippen LogP contribution in [0.4, 0.5) is 0 Å². The lowest BCUT2D eigenvalue weighted by atomic mass is 9.85. The van der Waals surface area contributed by atoms with Crippen molar-refractivity contribution < 1.29 is 0 Å². The molecule has 3 nitrogen and oxygen atoms in total. The Hall–Kier alpha value is -0.960. The van der Waals surface area contributed by atoms with Crippen molar-refractivity contribution in [2.45, 2.75) is 26.8 Å². The molecule has 0 aliphatic heterocycles. The van der Waals surface area contributed by atoms with E-state index in [4.69, 9.17) is 0 Å². The van der Waals surface area contributed by atoms with Crippen molar-refractivity contribution in [3.05, 3.63) is 24.3 Å². The van der Waals surface area contributed by atoms with Crippen LogP contribution in [0.25, 0.3) is 0 Å². The molecule has 0 bridgehead atoms. The van der Waals surface area contributed by atoms with Crippen LogP contribution in [0.5, 0.6) is 0 Å². The van der Waals surface area contributed by atoms with E-state index in [0.29, 0.717) is 0 Å². The SMILES string of the molecule is CNC(c1cnccn1)C(C)(C)C. The average Bonchev–Trinajstić information content (AvgIpc) is 2.05. The lowest BCUT2D eigenvalue weighted by molar-refractivity contribution is 0.281. The second-order valence-corrected chi connectivity index (χ2v) is 4.22. The maximum absolute atomic E-state index is 4.29. The van der Waals surface area contributed by atoms with Crippen molar-refractivity contribution in [3.8, 4) is 0 Å². The van der Waals surface area contributed by atoms with Crippen LogP contribution in [0.1, 0.15) is 32.5 Å². The summed E-state index contributed by atoms with van der Waals surface area (Å²) < 4.78 is 0. The topological polar surface area (TPSA) is 37.8 Å². The number of nitrogens with zero attached hydrogens (tertiary/aromatic N) is 2. The minimum Gasteiger partial charge on any atom is -0.311 e. The number of hydrogen-bond acceptors (Lipinski definition) is 3. The Morgan fingerprint density at radius 1 is 1.31 bits per heavy atom. The van der Waals surface area contributed by atoms with Crippen LogP contribution in [0, 0.1) is 5.41 Å². The van der Waals surface area contributed by atoms with Gasteiger partial charge in [-0.3, -0.25) is 9.97 Å².